The Morgan fingerprint density at radius 3 is 2.26 bits per heavy atom. The van der Waals surface area contributed by atoms with Crippen LogP contribution in [-0.2, 0) is 14.3 Å². The van der Waals surface area contributed by atoms with E-state index in [1.807, 2.05) is 6.07 Å². The number of carbonyl (C=O) groups is 2. The molecule has 0 radical (unpaired) electrons. The van der Waals surface area contributed by atoms with Gasteiger partial charge in [-0.1, -0.05) is 19.3 Å². The van der Waals surface area contributed by atoms with E-state index in [1.165, 1.54) is 13.8 Å². The van der Waals surface area contributed by atoms with Gasteiger partial charge in [-0.2, -0.15) is 10.5 Å². The van der Waals surface area contributed by atoms with Gasteiger partial charge in [0.05, 0.1) is 17.7 Å². The standard InChI is InChI=1S/C20H23N3O4/c1-14(18(24)23-20(13-22)10-4-3-5-11-20)27-19(25)15(2)26-17-8-6-16(12-21)7-9-17/h6-9,14-15H,3-5,10-11H2,1-2H3,(H,23,24)/t14-,15+/m0/s1. The highest BCUT2D eigenvalue weighted by molar-refractivity contribution is 5.85. The Hall–Kier alpha value is -3.06. The molecule has 1 N–H and O–H groups in total. The first-order chi connectivity index (χ1) is 12.9. The number of benzene rings is 1. The maximum atomic E-state index is 12.4. The first-order valence-electron chi connectivity index (χ1n) is 9.00. The van der Waals surface area contributed by atoms with Crippen molar-refractivity contribution in [2.75, 3.05) is 0 Å². The summed E-state index contributed by atoms with van der Waals surface area (Å²) in [6, 6.07) is 10.5. The van der Waals surface area contributed by atoms with E-state index in [0.717, 1.165) is 19.3 Å². The van der Waals surface area contributed by atoms with Crippen molar-refractivity contribution in [2.24, 2.45) is 0 Å². The molecule has 2 rings (SSSR count). The highest BCUT2D eigenvalue weighted by Crippen LogP contribution is 2.27. The minimum Gasteiger partial charge on any atom is -0.479 e. The van der Waals surface area contributed by atoms with Gasteiger partial charge in [0.15, 0.2) is 12.2 Å². The number of nitrogens with zero attached hydrogens (tertiary/aromatic N) is 2. The van der Waals surface area contributed by atoms with Gasteiger partial charge in [0, 0.05) is 0 Å². The summed E-state index contributed by atoms with van der Waals surface area (Å²) in [5.74, 6) is -0.754. The number of hydrogen-bond acceptors (Lipinski definition) is 6. The molecule has 1 aromatic rings. The average Bonchev–Trinajstić information content (AvgIpc) is 2.69. The monoisotopic (exact) mass is 369 g/mol. The summed E-state index contributed by atoms with van der Waals surface area (Å²) in [4.78, 5) is 24.5. The minimum absolute atomic E-state index is 0.418. The number of amides is 1. The molecule has 1 aromatic carbocycles. The van der Waals surface area contributed by atoms with Gasteiger partial charge in [-0.3, -0.25) is 4.79 Å². The van der Waals surface area contributed by atoms with Crippen LogP contribution in [0.15, 0.2) is 24.3 Å². The van der Waals surface area contributed by atoms with Gasteiger partial charge < -0.3 is 14.8 Å². The lowest BCUT2D eigenvalue weighted by Crippen LogP contribution is -2.52. The van der Waals surface area contributed by atoms with Crippen molar-refractivity contribution in [1.29, 1.82) is 10.5 Å². The Bertz CT molecular complexity index is 755. The van der Waals surface area contributed by atoms with Crippen LogP contribution in [0.5, 0.6) is 5.75 Å². The van der Waals surface area contributed by atoms with Crippen LogP contribution in [0.3, 0.4) is 0 Å². The summed E-state index contributed by atoms with van der Waals surface area (Å²) in [6.45, 7) is 2.98. The lowest BCUT2D eigenvalue weighted by atomic mass is 9.83. The smallest absolute Gasteiger partial charge is 0.347 e. The molecule has 1 aliphatic rings. The largest absolute Gasteiger partial charge is 0.479 e. The zero-order valence-corrected chi connectivity index (χ0v) is 15.5. The molecule has 142 valence electrons. The zero-order chi connectivity index (χ0) is 19.9. The fourth-order valence-electron chi connectivity index (χ4n) is 2.94. The van der Waals surface area contributed by atoms with Crippen molar-refractivity contribution >= 4 is 11.9 Å². The highest BCUT2D eigenvalue weighted by Gasteiger charge is 2.35. The summed E-state index contributed by atoms with van der Waals surface area (Å²) in [5, 5.41) is 21.0. The first kappa shape index (κ1) is 20.3. The Labute approximate surface area is 158 Å². The lowest BCUT2D eigenvalue weighted by Gasteiger charge is -2.32. The molecule has 1 saturated carbocycles. The van der Waals surface area contributed by atoms with Crippen LogP contribution in [0.25, 0.3) is 0 Å². The van der Waals surface area contributed by atoms with Gasteiger partial charge in [0.1, 0.15) is 11.3 Å². The van der Waals surface area contributed by atoms with Crippen LogP contribution in [0, 0.1) is 22.7 Å². The van der Waals surface area contributed by atoms with Gasteiger partial charge in [-0.25, -0.2) is 4.79 Å². The molecule has 2 atom stereocenters. The van der Waals surface area contributed by atoms with E-state index in [4.69, 9.17) is 14.7 Å². The van der Waals surface area contributed by atoms with Crippen LogP contribution >= 0.6 is 0 Å². The number of nitriles is 2. The van der Waals surface area contributed by atoms with Crippen LogP contribution in [-0.4, -0.2) is 29.6 Å². The van der Waals surface area contributed by atoms with E-state index in [1.54, 1.807) is 24.3 Å². The zero-order valence-electron chi connectivity index (χ0n) is 15.5. The summed E-state index contributed by atoms with van der Waals surface area (Å²) in [6.07, 6.45) is 2.08. The number of hydrogen-bond donors (Lipinski definition) is 1. The predicted octanol–water partition coefficient (Wildman–Crippen LogP) is 2.60. The molecule has 7 nitrogen and oxygen atoms in total. The van der Waals surface area contributed by atoms with Crippen LogP contribution in [0.2, 0.25) is 0 Å². The van der Waals surface area contributed by atoms with Crippen LogP contribution in [0.4, 0.5) is 0 Å². The molecule has 27 heavy (non-hydrogen) atoms. The number of ether oxygens (including phenoxy) is 2. The summed E-state index contributed by atoms with van der Waals surface area (Å²) >= 11 is 0. The Kier molecular flexibility index (Phi) is 6.79. The number of rotatable bonds is 6. The van der Waals surface area contributed by atoms with Crippen molar-refractivity contribution in [3.8, 4) is 17.9 Å². The second-order valence-corrected chi connectivity index (χ2v) is 6.72. The summed E-state index contributed by atoms with van der Waals surface area (Å²) in [5.41, 5.74) is -0.391. The molecule has 0 saturated heterocycles. The topological polar surface area (TPSA) is 112 Å². The van der Waals surface area contributed by atoms with Crippen molar-refractivity contribution in [1.82, 2.24) is 5.32 Å². The summed E-state index contributed by atoms with van der Waals surface area (Å²) < 4.78 is 10.7. The van der Waals surface area contributed by atoms with Crippen molar-refractivity contribution < 1.29 is 19.1 Å². The highest BCUT2D eigenvalue weighted by atomic mass is 16.6. The molecule has 0 unspecified atom stereocenters. The first-order valence-corrected chi connectivity index (χ1v) is 9.00. The van der Waals surface area contributed by atoms with Crippen molar-refractivity contribution in [3.05, 3.63) is 29.8 Å². The number of nitrogens with one attached hydrogen (secondary N) is 1. The van der Waals surface area contributed by atoms with Crippen LogP contribution in [0.1, 0.15) is 51.5 Å². The number of esters is 1. The third-order valence-corrected chi connectivity index (χ3v) is 4.57. The fraction of sp³-hybridized carbons (Fsp3) is 0.500. The maximum absolute atomic E-state index is 12.4. The van der Waals surface area contributed by atoms with Gasteiger partial charge in [-0.05, 0) is 51.0 Å². The quantitative estimate of drug-likeness (QED) is 0.771. The second-order valence-electron chi connectivity index (χ2n) is 6.72. The normalized spacial score (nSPS) is 17.5. The molecular weight excluding hydrogens is 346 g/mol. The van der Waals surface area contributed by atoms with E-state index in [0.29, 0.717) is 24.2 Å². The third-order valence-electron chi connectivity index (χ3n) is 4.57. The average molecular weight is 369 g/mol. The molecule has 0 aliphatic heterocycles. The van der Waals surface area contributed by atoms with Crippen molar-refractivity contribution in [3.63, 3.8) is 0 Å². The third kappa shape index (κ3) is 5.46. The van der Waals surface area contributed by atoms with E-state index >= 15 is 0 Å². The predicted molar refractivity (Wildman–Crippen MR) is 96.4 cm³/mol. The maximum Gasteiger partial charge on any atom is 0.347 e. The van der Waals surface area contributed by atoms with Crippen LogP contribution < -0.4 is 10.1 Å². The fourth-order valence-corrected chi connectivity index (χ4v) is 2.94. The molecule has 1 fully saturated rings. The molecule has 0 aromatic heterocycles. The Morgan fingerprint density at radius 1 is 1.07 bits per heavy atom. The van der Waals surface area contributed by atoms with E-state index in [-0.39, 0.29) is 0 Å². The van der Waals surface area contributed by atoms with Crippen molar-refractivity contribution in [2.45, 2.75) is 63.7 Å². The lowest BCUT2D eigenvalue weighted by molar-refractivity contribution is -0.161. The van der Waals surface area contributed by atoms with Gasteiger partial charge in [0.25, 0.3) is 5.91 Å². The van der Waals surface area contributed by atoms with Gasteiger partial charge >= 0.3 is 5.97 Å². The molecule has 7 heteroatoms. The van der Waals surface area contributed by atoms with Gasteiger partial charge in [-0.15, -0.1) is 0 Å². The molecule has 0 spiro atoms. The number of carbonyl (C=O) groups excluding carboxylic acids is 2. The van der Waals surface area contributed by atoms with E-state index in [2.05, 4.69) is 11.4 Å². The molecular formula is C20H23N3O4. The second kappa shape index (κ2) is 9.05. The van der Waals surface area contributed by atoms with E-state index < -0.39 is 29.6 Å². The SMILES string of the molecule is C[C@H](OC(=O)[C@@H](C)Oc1ccc(C#N)cc1)C(=O)NC1(C#N)CCCCC1. The molecule has 0 bridgehead atoms. The molecule has 1 amide bonds. The minimum atomic E-state index is -1.03. The van der Waals surface area contributed by atoms with Gasteiger partial charge in [0.2, 0.25) is 0 Å². The van der Waals surface area contributed by atoms with E-state index in [9.17, 15) is 14.9 Å². The Morgan fingerprint density at radius 2 is 1.70 bits per heavy atom. The summed E-state index contributed by atoms with van der Waals surface area (Å²) in [7, 11) is 0. The molecule has 0 heterocycles. The molecule has 1 aliphatic carbocycles. The Balaban J connectivity index is 1.88.